The summed E-state index contributed by atoms with van der Waals surface area (Å²) >= 11 is 1.57. The third kappa shape index (κ3) is 2.66. The van der Waals surface area contributed by atoms with Crippen molar-refractivity contribution < 1.29 is 9.90 Å². The molecule has 4 N–H and O–H groups in total. The lowest BCUT2D eigenvalue weighted by atomic mass is 10.2. The second-order valence-electron chi connectivity index (χ2n) is 4.17. The van der Waals surface area contributed by atoms with Crippen LogP contribution in [0.1, 0.15) is 11.9 Å². The van der Waals surface area contributed by atoms with Crippen LogP contribution in [0.5, 0.6) is 0 Å². The number of aliphatic hydroxyl groups excluding tert-OH is 1. The lowest BCUT2D eigenvalue weighted by Crippen LogP contribution is -2.43. The second kappa shape index (κ2) is 5.01. The van der Waals surface area contributed by atoms with E-state index >= 15 is 0 Å². The fraction of sp³-hybridized carbons (Fsp3) is 0.333. The van der Waals surface area contributed by atoms with Crippen molar-refractivity contribution >= 4 is 33.1 Å². The van der Waals surface area contributed by atoms with Crippen molar-refractivity contribution in [2.45, 2.75) is 26.0 Å². The van der Waals surface area contributed by atoms with Crippen molar-refractivity contribution in [1.29, 1.82) is 0 Å². The number of aromatic nitrogens is 1. The summed E-state index contributed by atoms with van der Waals surface area (Å²) in [4.78, 5) is 16.0. The molecule has 0 saturated heterocycles. The van der Waals surface area contributed by atoms with Gasteiger partial charge in [0, 0.05) is 5.69 Å². The Morgan fingerprint density at radius 3 is 2.94 bits per heavy atom. The van der Waals surface area contributed by atoms with E-state index in [1.807, 2.05) is 19.1 Å². The van der Waals surface area contributed by atoms with Crippen molar-refractivity contribution in [3.8, 4) is 0 Å². The number of hydrogen-bond donors (Lipinski definition) is 3. The number of carbonyl (C=O) groups is 1. The Labute approximate surface area is 109 Å². The molecule has 5 nitrogen and oxygen atoms in total. The molecule has 1 aromatic carbocycles. The Hall–Kier alpha value is -1.50. The van der Waals surface area contributed by atoms with Gasteiger partial charge in [-0.1, -0.05) is 0 Å². The molecule has 1 amide bonds. The summed E-state index contributed by atoms with van der Waals surface area (Å²) in [6.07, 6.45) is -0.876. The highest BCUT2D eigenvalue weighted by Crippen LogP contribution is 2.24. The molecule has 6 heteroatoms. The van der Waals surface area contributed by atoms with Crippen LogP contribution in [-0.2, 0) is 4.79 Å². The van der Waals surface area contributed by atoms with E-state index in [2.05, 4.69) is 10.3 Å². The molecule has 0 aliphatic rings. The van der Waals surface area contributed by atoms with Crippen LogP contribution in [0.3, 0.4) is 0 Å². The molecular formula is C12H15N3O2S. The Bertz CT molecular complexity index is 580. The van der Waals surface area contributed by atoms with Gasteiger partial charge in [-0.2, -0.15) is 0 Å². The molecule has 0 aliphatic carbocycles. The number of nitrogens with zero attached hydrogens (tertiary/aromatic N) is 1. The summed E-state index contributed by atoms with van der Waals surface area (Å²) in [6.45, 7) is 3.42. The Kier molecular flexibility index (Phi) is 3.60. The second-order valence-corrected chi connectivity index (χ2v) is 5.41. The van der Waals surface area contributed by atoms with Crippen LogP contribution in [0, 0.1) is 6.92 Å². The quantitative estimate of drug-likeness (QED) is 0.779. The fourth-order valence-corrected chi connectivity index (χ4v) is 2.43. The van der Waals surface area contributed by atoms with Crippen LogP contribution in [0.2, 0.25) is 0 Å². The monoisotopic (exact) mass is 265 g/mol. The molecule has 0 radical (unpaired) electrons. The number of rotatable bonds is 3. The number of nitrogens with two attached hydrogens (primary N) is 1. The average molecular weight is 265 g/mol. The van der Waals surface area contributed by atoms with Gasteiger partial charge in [0.1, 0.15) is 6.04 Å². The molecule has 2 atom stereocenters. The van der Waals surface area contributed by atoms with E-state index in [4.69, 9.17) is 5.73 Å². The largest absolute Gasteiger partial charge is 0.391 e. The summed E-state index contributed by atoms with van der Waals surface area (Å²) in [5.41, 5.74) is 7.12. The molecule has 0 bridgehead atoms. The van der Waals surface area contributed by atoms with Crippen LogP contribution in [0.4, 0.5) is 5.69 Å². The molecule has 96 valence electrons. The number of fused-ring (bicyclic) bond motifs is 1. The van der Waals surface area contributed by atoms with E-state index in [1.54, 1.807) is 17.4 Å². The summed E-state index contributed by atoms with van der Waals surface area (Å²) in [5, 5.41) is 12.9. The Balaban J connectivity index is 2.19. The molecule has 0 fully saturated rings. The molecule has 0 spiro atoms. The molecule has 1 aromatic heterocycles. The predicted molar refractivity (Wildman–Crippen MR) is 72.6 cm³/mol. The first-order chi connectivity index (χ1) is 8.47. The topological polar surface area (TPSA) is 88.2 Å². The van der Waals surface area contributed by atoms with Crippen molar-refractivity contribution in [2.75, 3.05) is 5.32 Å². The predicted octanol–water partition coefficient (Wildman–Crippen LogP) is 1.25. The highest BCUT2D eigenvalue weighted by atomic mass is 32.1. The van der Waals surface area contributed by atoms with Gasteiger partial charge in [0.05, 0.1) is 21.3 Å². The highest BCUT2D eigenvalue weighted by molar-refractivity contribution is 7.18. The van der Waals surface area contributed by atoms with Gasteiger partial charge in [0.2, 0.25) is 5.91 Å². The summed E-state index contributed by atoms with van der Waals surface area (Å²) < 4.78 is 1.01. The van der Waals surface area contributed by atoms with Gasteiger partial charge in [-0.25, -0.2) is 4.98 Å². The zero-order valence-corrected chi connectivity index (χ0v) is 11.0. The molecule has 2 rings (SSSR count). The van der Waals surface area contributed by atoms with Crippen LogP contribution >= 0.6 is 11.3 Å². The van der Waals surface area contributed by atoms with Crippen LogP contribution < -0.4 is 11.1 Å². The summed E-state index contributed by atoms with van der Waals surface area (Å²) in [6, 6.07) is 4.55. The minimum absolute atomic E-state index is 0.398. The average Bonchev–Trinajstić information content (AvgIpc) is 2.67. The van der Waals surface area contributed by atoms with Gasteiger partial charge >= 0.3 is 0 Å². The number of anilines is 1. The molecule has 0 unspecified atom stereocenters. The summed E-state index contributed by atoms with van der Waals surface area (Å²) in [5.74, 6) is -0.398. The zero-order valence-electron chi connectivity index (χ0n) is 10.2. The number of hydrogen-bond acceptors (Lipinski definition) is 5. The minimum atomic E-state index is -0.927. The van der Waals surface area contributed by atoms with Crippen molar-refractivity contribution in [3.63, 3.8) is 0 Å². The molecule has 1 heterocycles. The normalized spacial score (nSPS) is 14.4. The zero-order chi connectivity index (χ0) is 13.3. The van der Waals surface area contributed by atoms with E-state index in [-0.39, 0.29) is 0 Å². The summed E-state index contributed by atoms with van der Waals surface area (Å²) in [7, 11) is 0. The van der Waals surface area contributed by atoms with Crippen LogP contribution in [-0.4, -0.2) is 28.1 Å². The molecule has 2 aromatic rings. The minimum Gasteiger partial charge on any atom is -0.391 e. The van der Waals surface area contributed by atoms with Gasteiger partial charge in [-0.15, -0.1) is 11.3 Å². The standard InChI is InChI=1S/C12H15N3O2S/c1-6(16)11(13)12(17)15-8-3-4-9-10(5-8)18-7(2)14-9/h3-6,11,16H,13H2,1-2H3,(H,15,17)/t6-,11+/m0/s1. The maximum absolute atomic E-state index is 11.7. The van der Waals surface area contributed by atoms with Gasteiger partial charge in [-0.05, 0) is 32.0 Å². The number of aliphatic hydroxyl groups is 1. The number of aryl methyl sites for hydroxylation is 1. The maximum atomic E-state index is 11.7. The smallest absolute Gasteiger partial charge is 0.243 e. The van der Waals surface area contributed by atoms with E-state index in [1.165, 1.54) is 6.92 Å². The highest BCUT2D eigenvalue weighted by Gasteiger charge is 2.18. The first-order valence-corrected chi connectivity index (χ1v) is 6.41. The van der Waals surface area contributed by atoms with Gasteiger partial charge in [-0.3, -0.25) is 4.79 Å². The number of thiazole rings is 1. The molecule has 0 saturated carbocycles. The number of amides is 1. The number of nitrogens with one attached hydrogen (secondary N) is 1. The van der Waals surface area contributed by atoms with Gasteiger partial charge in [0.15, 0.2) is 0 Å². The van der Waals surface area contributed by atoms with E-state index in [0.717, 1.165) is 15.2 Å². The Morgan fingerprint density at radius 2 is 2.28 bits per heavy atom. The van der Waals surface area contributed by atoms with E-state index in [9.17, 15) is 9.90 Å². The number of carbonyl (C=O) groups excluding carboxylic acids is 1. The Morgan fingerprint density at radius 1 is 1.56 bits per heavy atom. The van der Waals surface area contributed by atoms with Gasteiger partial charge in [0.25, 0.3) is 0 Å². The fourth-order valence-electron chi connectivity index (χ4n) is 1.56. The SMILES string of the molecule is Cc1nc2ccc(NC(=O)[C@H](N)[C@H](C)O)cc2s1. The first kappa shape index (κ1) is 12.9. The van der Waals surface area contributed by atoms with Crippen LogP contribution in [0.25, 0.3) is 10.2 Å². The molecule has 18 heavy (non-hydrogen) atoms. The van der Waals surface area contributed by atoms with Crippen LogP contribution in [0.15, 0.2) is 18.2 Å². The number of benzene rings is 1. The third-order valence-corrected chi connectivity index (χ3v) is 3.52. The third-order valence-electron chi connectivity index (χ3n) is 2.59. The van der Waals surface area contributed by atoms with E-state index < -0.39 is 18.1 Å². The van der Waals surface area contributed by atoms with Gasteiger partial charge < -0.3 is 16.2 Å². The molecular weight excluding hydrogens is 250 g/mol. The van der Waals surface area contributed by atoms with Crippen molar-refractivity contribution in [2.24, 2.45) is 5.73 Å². The van der Waals surface area contributed by atoms with E-state index in [0.29, 0.717) is 5.69 Å². The lowest BCUT2D eigenvalue weighted by Gasteiger charge is -2.14. The van der Waals surface area contributed by atoms with Crippen molar-refractivity contribution in [3.05, 3.63) is 23.2 Å². The molecule has 0 aliphatic heterocycles. The van der Waals surface area contributed by atoms with Crippen molar-refractivity contribution in [1.82, 2.24) is 4.98 Å². The maximum Gasteiger partial charge on any atom is 0.243 e. The first-order valence-electron chi connectivity index (χ1n) is 5.59. The lowest BCUT2D eigenvalue weighted by molar-refractivity contribution is -0.119.